The Hall–Kier alpha value is -2.91. The van der Waals surface area contributed by atoms with E-state index in [-0.39, 0.29) is 5.56 Å². The summed E-state index contributed by atoms with van der Waals surface area (Å²) in [7, 11) is 0. The molecule has 1 aliphatic rings. The molecule has 0 radical (unpaired) electrons. The van der Waals surface area contributed by atoms with Gasteiger partial charge in [-0.25, -0.2) is 4.98 Å². The number of hydrogen-bond donors (Lipinski definition) is 1. The standard InChI is InChI=1S/C21H21F3N4O2/c22-21(23,24)16-5-3-4-15(14-16)19(29)26-20-25-17-6-1-2-7-18(17)28(20)9-8-27-10-12-30-13-11-27/h1-7,14H,8-13H2,(H,25,26,29). The number of rotatable bonds is 5. The van der Waals surface area contributed by atoms with E-state index in [0.717, 1.165) is 37.3 Å². The molecule has 6 nitrogen and oxygen atoms in total. The predicted octanol–water partition coefficient (Wildman–Crippen LogP) is 3.64. The zero-order valence-electron chi connectivity index (χ0n) is 16.2. The van der Waals surface area contributed by atoms with Crippen molar-refractivity contribution in [3.63, 3.8) is 0 Å². The van der Waals surface area contributed by atoms with Gasteiger partial charge in [-0.1, -0.05) is 18.2 Å². The van der Waals surface area contributed by atoms with Crippen molar-refractivity contribution in [1.82, 2.24) is 14.5 Å². The van der Waals surface area contributed by atoms with Gasteiger partial charge in [-0.05, 0) is 30.3 Å². The minimum absolute atomic E-state index is 0.0726. The number of para-hydroxylation sites is 2. The highest BCUT2D eigenvalue weighted by Crippen LogP contribution is 2.29. The highest BCUT2D eigenvalue weighted by molar-refractivity contribution is 6.04. The average molecular weight is 418 g/mol. The first-order valence-electron chi connectivity index (χ1n) is 9.66. The molecule has 0 unspecified atom stereocenters. The average Bonchev–Trinajstić information content (AvgIpc) is 3.09. The number of benzene rings is 2. The topological polar surface area (TPSA) is 59.4 Å². The second kappa shape index (κ2) is 8.45. The molecule has 1 amide bonds. The first kappa shape index (κ1) is 20.4. The molecule has 1 aromatic heterocycles. The Bertz CT molecular complexity index is 1040. The van der Waals surface area contributed by atoms with Gasteiger partial charge in [0.05, 0.1) is 29.8 Å². The van der Waals surface area contributed by atoms with Gasteiger partial charge in [0.2, 0.25) is 5.95 Å². The fourth-order valence-electron chi connectivity index (χ4n) is 3.47. The van der Waals surface area contributed by atoms with Gasteiger partial charge >= 0.3 is 6.18 Å². The van der Waals surface area contributed by atoms with Crippen LogP contribution >= 0.6 is 0 Å². The van der Waals surface area contributed by atoms with Crippen LogP contribution in [0, 0.1) is 0 Å². The number of alkyl halides is 3. The van der Waals surface area contributed by atoms with Crippen LogP contribution in [0.15, 0.2) is 48.5 Å². The SMILES string of the molecule is O=C(Nc1nc2ccccc2n1CCN1CCOCC1)c1cccc(C(F)(F)F)c1. The number of hydrogen-bond acceptors (Lipinski definition) is 4. The smallest absolute Gasteiger partial charge is 0.379 e. The molecule has 3 aromatic rings. The molecule has 2 aromatic carbocycles. The molecular formula is C21H21F3N4O2. The molecule has 9 heteroatoms. The second-order valence-corrected chi connectivity index (χ2v) is 7.06. The summed E-state index contributed by atoms with van der Waals surface area (Å²) in [5.74, 6) is -0.323. The number of aromatic nitrogens is 2. The lowest BCUT2D eigenvalue weighted by atomic mass is 10.1. The van der Waals surface area contributed by atoms with Crippen molar-refractivity contribution in [1.29, 1.82) is 0 Å². The fourth-order valence-corrected chi connectivity index (χ4v) is 3.47. The summed E-state index contributed by atoms with van der Waals surface area (Å²) in [5, 5.41) is 2.69. The van der Waals surface area contributed by atoms with Gasteiger partial charge in [-0.15, -0.1) is 0 Å². The predicted molar refractivity (Wildman–Crippen MR) is 106 cm³/mol. The molecule has 30 heavy (non-hydrogen) atoms. The summed E-state index contributed by atoms with van der Waals surface area (Å²) >= 11 is 0. The number of morpholine rings is 1. The Morgan fingerprint density at radius 3 is 2.60 bits per heavy atom. The van der Waals surface area contributed by atoms with Gasteiger partial charge < -0.3 is 9.30 Å². The quantitative estimate of drug-likeness (QED) is 0.687. The molecule has 0 bridgehead atoms. The number of nitrogens with zero attached hydrogens (tertiary/aromatic N) is 3. The zero-order chi connectivity index (χ0) is 21.1. The highest BCUT2D eigenvalue weighted by atomic mass is 19.4. The first-order chi connectivity index (χ1) is 14.4. The summed E-state index contributed by atoms with van der Waals surface area (Å²) in [5.41, 5.74) is 0.622. The minimum Gasteiger partial charge on any atom is -0.379 e. The van der Waals surface area contributed by atoms with E-state index in [0.29, 0.717) is 31.2 Å². The second-order valence-electron chi connectivity index (χ2n) is 7.06. The monoisotopic (exact) mass is 418 g/mol. The Kier molecular flexibility index (Phi) is 5.74. The zero-order valence-corrected chi connectivity index (χ0v) is 16.2. The van der Waals surface area contributed by atoms with Crippen molar-refractivity contribution in [2.75, 3.05) is 38.2 Å². The van der Waals surface area contributed by atoms with Gasteiger partial charge in [0, 0.05) is 31.7 Å². The fraction of sp³-hybridized carbons (Fsp3) is 0.333. The van der Waals surface area contributed by atoms with E-state index in [9.17, 15) is 18.0 Å². The number of carbonyl (C=O) groups excluding carboxylic acids is 1. The molecule has 158 valence electrons. The number of fused-ring (bicyclic) bond motifs is 1. The number of imidazole rings is 1. The number of anilines is 1. The Balaban J connectivity index is 1.58. The van der Waals surface area contributed by atoms with Gasteiger partial charge in [0.25, 0.3) is 5.91 Å². The van der Waals surface area contributed by atoms with Crippen LogP contribution in [0.4, 0.5) is 19.1 Å². The third-order valence-corrected chi connectivity index (χ3v) is 5.08. The first-order valence-corrected chi connectivity index (χ1v) is 9.66. The van der Waals surface area contributed by atoms with Crippen LogP contribution in [0.1, 0.15) is 15.9 Å². The maximum Gasteiger partial charge on any atom is 0.416 e. The molecule has 0 saturated carbocycles. The third kappa shape index (κ3) is 4.47. The normalized spacial score (nSPS) is 15.4. The maximum atomic E-state index is 13.0. The van der Waals surface area contributed by atoms with Gasteiger partial charge in [0.1, 0.15) is 0 Å². The van der Waals surface area contributed by atoms with E-state index in [2.05, 4.69) is 15.2 Å². The van der Waals surface area contributed by atoms with Crippen LogP contribution in [0.25, 0.3) is 11.0 Å². The molecule has 0 spiro atoms. The number of amides is 1. The number of carbonyl (C=O) groups is 1. The summed E-state index contributed by atoms with van der Waals surface area (Å²) in [6.07, 6.45) is -4.51. The molecule has 2 heterocycles. The van der Waals surface area contributed by atoms with Crippen molar-refractivity contribution >= 4 is 22.9 Å². The molecule has 1 saturated heterocycles. The van der Waals surface area contributed by atoms with Crippen LogP contribution in [0.5, 0.6) is 0 Å². The number of ether oxygens (including phenoxy) is 1. The van der Waals surface area contributed by atoms with E-state index in [4.69, 9.17) is 4.74 Å². The van der Waals surface area contributed by atoms with Crippen molar-refractivity contribution in [2.24, 2.45) is 0 Å². The lowest BCUT2D eigenvalue weighted by Gasteiger charge is -2.26. The number of halogens is 3. The lowest BCUT2D eigenvalue weighted by Crippen LogP contribution is -2.38. The summed E-state index contributed by atoms with van der Waals surface area (Å²) in [6.45, 7) is 4.36. The Labute approximate surface area is 171 Å². The molecule has 4 rings (SSSR count). The molecule has 0 atom stereocenters. The maximum absolute atomic E-state index is 13.0. The molecule has 1 aliphatic heterocycles. The van der Waals surface area contributed by atoms with Crippen LogP contribution in [0.2, 0.25) is 0 Å². The molecule has 1 N–H and O–H groups in total. The van der Waals surface area contributed by atoms with Crippen molar-refractivity contribution in [3.05, 3.63) is 59.7 Å². The van der Waals surface area contributed by atoms with Crippen LogP contribution in [-0.2, 0) is 17.5 Å². The van der Waals surface area contributed by atoms with E-state index < -0.39 is 17.6 Å². The van der Waals surface area contributed by atoms with Gasteiger partial charge in [0.15, 0.2) is 0 Å². The molecule has 0 aliphatic carbocycles. The van der Waals surface area contributed by atoms with Gasteiger partial charge in [-0.2, -0.15) is 13.2 Å². The highest BCUT2D eigenvalue weighted by Gasteiger charge is 2.31. The van der Waals surface area contributed by atoms with Crippen LogP contribution < -0.4 is 5.32 Å². The van der Waals surface area contributed by atoms with Crippen molar-refractivity contribution < 1.29 is 22.7 Å². The Morgan fingerprint density at radius 1 is 1.07 bits per heavy atom. The lowest BCUT2D eigenvalue weighted by molar-refractivity contribution is -0.137. The van der Waals surface area contributed by atoms with E-state index in [1.807, 2.05) is 28.8 Å². The van der Waals surface area contributed by atoms with Crippen molar-refractivity contribution in [2.45, 2.75) is 12.7 Å². The van der Waals surface area contributed by atoms with E-state index >= 15 is 0 Å². The van der Waals surface area contributed by atoms with Gasteiger partial charge in [-0.3, -0.25) is 15.0 Å². The summed E-state index contributed by atoms with van der Waals surface area (Å²) in [6, 6.07) is 11.8. The Morgan fingerprint density at radius 2 is 1.83 bits per heavy atom. The molecule has 1 fully saturated rings. The largest absolute Gasteiger partial charge is 0.416 e. The molecular weight excluding hydrogens is 397 g/mol. The van der Waals surface area contributed by atoms with Crippen LogP contribution in [0.3, 0.4) is 0 Å². The van der Waals surface area contributed by atoms with E-state index in [1.165, 1.54) is 12.1 Å². The van der Waals surface area contributed by atoms with E-state index in [1.54, 1.807) is 0 Å². The minimum atomic E-state index is -4.51. The van der Waals surface area contributed by atoms with Crippen LogP contribution in [-0.4, -0.2) is 53.2 Å². The number of nitrogens with one attached hydrogen (secondary N) is 1. The summed E-state index contributed by atoms with van der Waals surface area (Å²) in [4.78, 5) is 19.4. The summed E-state index contributed by atoms with van der Waals surface area (Å²) < 4.78 is 46.2. The third-order valence-electron chi connectivity index (χ3n) is 5.08. The van der Waals surface area contributed by atoms with Crippen molar-refractivity contribution in [3.8, 4) is 0 Å².